The quantitative estimate of drug-likeness (QED) is 0.619. The van der Waals surface area contributed by atoms with E-state index in [4.69, 9.17) is 4.74 Å². The molecular weight excluding hydrogens is 438 g/mol. The number of carbonyl (C=O) groups excluding carboxylic acids is 2. The maximum Gasteiger partial charge on any atom is 0.291 e. The fraction of sp³-hybridized carbons (Fsp3) is 0.583. The van der Waals surface area contributed by atoms with Gasteiger partial charge in [-0.05, 0) is 50.0 Å². The lowest BCUT2D eigenvalue weighted by Crippen LogP contribution is -2.48. The van der Waals surface area contributed by atoms with Crippen LogP contribution in [0, 0.1) is 5.41 Å². The molecule has 2 amide bonds. The Labute approximate surface area is 196 Å². The van der Waals surface area contributed by atoms with Gasteiger partial charge in [0, 0.05) is 24.2 Å². The highest BCUT2D eigenvalue weighted by Gasteiger charge is 2.41. The molecule has 10 nitrogen and oxygen atoms in total. The van der Waals surface area contributed by atoms with E-state index in [0.29, 0.717) is 31.0 Å². The molecule has 2 atom stereocenters. The van der Waals surface area contributed by atoms with E-state index < -0.39 is 11.5 Å². The van der Waals surface area contributed by atoms with Crippen LogP contribution in [-0.4, -0.2) is 67.3 Å². The Hall–Kier alpha value is -3.14. The highest BCUT2D eigenvalue weighted by atomic mass is 16.5. The Balaban J connectivity index is 1.39. The number of hydrogen-bond acceptors (Lipinski definition) is 6. The molecule has 2 aromatic heterocycles. The number of amides is 2. The number of rotatable bonds is 6. The van der Waals surface area contributed by atoms with Gasteiger partial charge in [0.1, 0.15) is 5.65 Å². The Kier molecular flexibility index (Phi) is 4.84. The molecule has 2 unspecified atom stereocenters. The number of aromatic hydroxyl groups is 1. The fourth-order valence-electron chi connectivity index (χ4n) is 5.15. The minimum Gasteiger partial charge on any atom is -0.494 e. The zero-order valence-corrected chi connectivity index (χ0v) is 19.2. The zero-order chi connectivity index (χ0) is 23.6. The van der Waals surface area contributed by atoms with Crippen molar-refractivity contribution in [2.45, 2.75) is 70.1 Å². The summed E-state index contributed by atoms with van der Waals surface area (Å²) in [7, 11) is 0. The summed E-state index contributed by atoms with van der Waals surface area (Å²) in [5.74, 6) is -1.02. The van der Waals surface area contributed by atoms with E-state index in [1.54, 1.807) is 10.6 Å². The van der Waals surface area contributed by atoms with E-state index in [-0.39, 0.29) is 40.9 Å². The number of morpholine rings is 1. The minimum atomic E-state index is -0.667. The minimum absolute atomic E-state index is 0.0225. The summed E-state index contributed by atoms with van der Waals surface area (Å²) < 4.78 is 8.33. The van der Waals surface area contributed by atoms with Crippen LogP contribution in [0.2, 0.25) is 0 Å². The van der Waals surface area contributed by atoms with Gasteiger partial charge in [-0.25, -0.2) is 0 Å². The highest BCUT2D eigenvalue weighted by molar-refractivity contribution is 5.97. The lowest BCUT2D eigenvalue weighted by atomic mass is 10.1. The van der Waals surface area contributed by atoms with Crippen molar-refractivity contribution in [3.63, 3.8) is 0 Å². The molecule has 0 spiro atoms. The topological polar surface area (TPSA) is 118 Å². The van der Waals surface area contributed by atoms with Crippen LogP contribution in [0.4, 0.5) is 0 Å². The molecular formula is C24H29N5O5. The molecule has 4 heterocycles. The van der Waals surface area contributed by atoms with E-state index in [0.717, 1.165) is 43.0 Å². The predicted octanol–water partition coefficient (Wildman–Crippen LogP) is 1.30. The summed E-state index contributed by atoms with van der Waals surface area (Å²) in [6.07, 6.45) is 10.3. The second-order valence-corrected chi connectivity index (χ2v) is 10.5. The van der Waals surface area contributed by atoms with Gasteiger partial charge in [-0.2, -0.15) is 9.61 Å². The van der Waals surface area contributed by atoms with Crippen molar-refractivity contribution in [1.82, 2.24) is 24.4 Å². The molecule has 4 aliphatic rings. The standard InChI is InChI=1S/C24H29N5O5/c1-24(8-9-24)13-27-21-14(2-7-18(30)28-16-5-6-17(28)12-34-11-16)10-25-29(21)23(33)19(22(27)32)20(31)26-15-3-4-15/h2,7,10,15-17,32H,3-6,8-9,11-13H2,1H3,(H,26,31)/b7-2+. The molecule has 6 rings (SSSR count). The smallest absolute Gasteiger partial charge is 0.291 e. The zero-order valence-electron chi connectivity index (χ0n) is 19.2. The molecule has 0 radical (unpaired) electrons. The predicted molar refractivity (Wildman–Crippen MR) is 122 cm³/mol. The summed E-state index contributed by atoms with van der Waals surface area (Å²) in [5.41, 5.74) is -0.0543. The van der Waals surface area contributed by atoms with Gasteiger partial charge in [0.05, 0.1) is 31.5 Å². The first-order chi connectivity index (χ1) is 16.3. The Morgan fingerprint density at radius 1 is 1.24 bits per heavy atom. The van der Waals surface area contributed by atoms with Crippen LogP contribution in [-0.2, 0) is 16.1 Å². The maximum atomic E-state index is 13.2. The van der Waals surface area contributed by atoms with Gasteiger partial charge in [0.25, 0.3) is 11.5 Å². The van der Waals surface area contributed by atoms with Crippen LogP contribution in [0.25, 0.3) is 11.7 Å². The molecule has 4 fully saturated rings. The van der Waals surface area contributed by atoms with E-state index in [1.807, 2.05) is 4.90 Å². The van der Waals surface area contributed by atoms with Gasteiger partial charge in [0.15, 0.2) is 5.56 Å². The molecule has 0 aromatic carbocycles. The molecule has 2 aliphatic carbocycles. The first-order valence-electron chi connectivity index (χ1n) is 12.1. The van der Waals surface area contributed by atoms with Crippen LogP contribution in [0.5, 0.6) is 5.88 Å². The SMILES string of the molecule is CC1(Cn2c(O)c(C(=O)NC3CC3)c(=O)n3ncc(/C=C/C(=O)N4C5CCC4COC5)c23)CC1. The largest absolute Gasteiger partial charge is 0.494 e. The molecule has 180 valence electrons. The second-order valence-electron chi connectivity index (χ2n) is 10.5. The lowest BCUT2D eigenvalue weighted by molar-refractivity contribution is -0.135. The second kappa shape index (κ2) is 7.69. The summed E-state index contributed by atoms with van der Waals surface area (Å²) in [4.78, 5) is 40.8. The third-order valence-electron chi connectivity index (χ3n) is 7.60. The number of fused-ring (bicyclic) bond motifs is 3. The van der Waals surface area contributed by atoms with Crippen LogP contribution >= 0.6 is 0 Å². The van der Waals surface area contributed by atoms with Crippen LogP contribution < -0.4 is 10.9 Å². The van der Waals surface area contributed by atoms with Crippen molar-refractivity contribution >= 4 is 23.5 Å². The molecule has 2 N–H and O–H groups in total. The highest BCUT2D eigenvalue weighted by Crippen LogP contribution is 2.47. The summed E-state index contributed by atoms with van der Waals surface area (Å²) in [6, 6.07) is 0.253. The van der Waals surface area contributed by atoms with Crippen molar-refractivity contribution < 1.29 is 19.4 Å². The summed E-state index contributed by atoms with van der Waals surface area (Å²) in [5, 5.41) is 18.1. The maximum absolute atomic E-state index is 13.2. The number of aromatic nitrogens is 3. The van der Waals surface area contributed by atoms with Crippen molar-refractivity contribution in [1.29, 1.82) is 0 Å². The van der Waals surface area contributed by atoms with E-state index in [2.05, 4.69) is 17.3 Å². The first kappa shape index (κ1) is 21.4. The van der Waals surface area contributed by atoms with Crippen molar-refractivity contribution in [2.75, 3.05) is 13.2 Å². The molecule has 10 heteroatoms. The summed E-state index contributed by atoms with van der Waals surface area (Å²) >= 11 is 0. The average molecular weight is 468 g/mol. The Morgan fingerprint density at radius 3 is 2.59 bits per heavy atom. The first-order valence-corrected chi connectivity index (χ1v) is 12.1. The van der Waals surface area contributed by atoms with Gasteiger partial charge in [-0.15, -0.1) is 0 Å². The molecule has 2 saturated carbocycles. The monoisotopic (exact) mass is 467 g/mol. The van der Waals surface area contributed by atoms with Gasteiger partial charge in [0.2, 0.25) is 11.8 Å². The van der Waals surface area contributed by atoms with E-state index in [1.165, 1.54) is 12.3 Å². The molecule has 2 aromatic rings. The third kappa shape index (κ3) is 3.60. The number of nitrogens with zero attached hydrogens (tertiary/aromatic N) is 4. The van der Waals surface area contributed by atoms with Crippen molar-refractivity contribution in [3.05, 3.63) is 33.8 Å². The molecule has 2 saturated heterocycles. The normalized spacial score (nSPS) is 25.3. The number of ether oxygens (including phenoxy) is 1. The number of hydrogen-bond donors (Lipinski definition) is 2. The molecule has 2 aliphatic heterocycles. The van der Waals surface area contributed by atoms with Gasteiger partial charge in [-0.3, -0.25) is 19.0 Å². The van der Waals surface area contributed by atoms with Gasteiger partial charge in [-0.1, -0.05) is 6.92 Å². The van der Waals surface area contributed by atoms with Crippen molar-refractivity contribution in [2.24, 2.45) is 5.41 Å². The number of nitrogens with one attached hydrogen (secondary N) is 1. The third-order valence-corrected chi connectivity index (χ3v) is 7.60. The van der Waals surface area contributed by atoms with E-state index in [9.17, 15) is 19.5 Å². The summed E-state index contributed by atoms with van der Waals surface area (Å²) in [6.45, 7) is 3.67. The van der Waals surface area contributed by atoms with Gasteiger partial charge < -0.3 is 20.1 Å². The molecule has 34 heavy (non-hydrogen) atoms. The Bertz CT molecular complexity index is 1250. The number of carbonyl (C=O) groups is 2. The Morgan fingerprint density at radius 2 is 1.94 bits per heavy atom. The van der Waals surface area contributed by atoms with Crippen LogP contribution in [0.1, 0.15) is 61.4 Å². The van der Waals surface area contributed by atoms with Crippen molar-refractivity contribution in [3.8, 4) is 5.88 Å². The van der Waals surface area contributed by atoms with Crippen LogP contribution in [0.3, 0.4) is 0 Å². The van der Waals surface area contributed by atoms with Crippen LogP contribution in [0.15, 0.2) is 17.1 Å². The lowest BCUT2D eigenvalue weighted by Gasteiger charge is -2.33. The fourth-order valence-corrected chi connectivity index (χ4v) is 5.15. The van der Waals surface area contributed by atoms with E-state index >= 15 is 0 Å². The molecule has 2 bridgehead atoms. The van der Waals surface area contributed by atoms with Gasteiger partial charge >= 0.3 is 0 Å². The average Bonchev–Trinajstić information content (AvgIpc) is 3.70.